The molecule has 0 atom stereocenters. The van der Waals surface area contributed by atoms with Crippen molar-refractivity contribution in [1.29, 1.82) is 0 Å². The Labute approximate surface area is 138 Å². The van der Waals surface area contributed by atoms with Crippen LogP contribution in [0.15, 0.2) is 23.1 Å². The Morgan fingerprint density at radius 2 is 1.86 bits per heavy atom. The van der Waals surface area contributed by atoms with Gasteiger partial charge < -0.3 is 11.5 Å². The van der Waals surface area contributed by atoms with Crippen LogP contribution in [0, 0.1) is 12.3 Å². The number of nitrogens with zero attached hydrogens (tertiary/aromatic N) is 1. The summed E-state index contributed by atoms with van der Waals surface area (Å²) in [4.78, 5) is 11.4. The van der Waals surface area contributed by atoms with Crippen molar-refractivity contribution in [1.82, 2.24) is 4.31 Å². The second-order valence-electron chi connectivity index (χ2n) is 5.97. The number of halogens is 1. The molecule has 0 aliphatic carbocycles. The van der Waals surface area contributed by atoms with Gasteiger partial charge in [-0.05, 0) is 36.6 Å². The highest BCUT2D eigenvalue weighted by atomic mass is 35.5. The van der Waals surface area contributed by atoms with E-state index in [0.717, 1.165) is 0 Å². The lowest BCUT2D eigenvalue weighted by Gasteiger charge is -2.28. The molecule has 0 aromatic heterocycles. The summed E-state index contributed by atoms with van der Waals surface area (Å²) in [6.07, 6.45) is 0. The minimum absolute atomic E-state index is 0. The Morgan fingerprint density at radius 1 is 1.32 bits per heavy atom. The minimum Gasteiger partial charge on any atom is -0.366 e. The zero-order chi connectivity index (χ0) is 16.4. The minimum atomic E-state index is -3.69. The van der Waals surface area contributed by atoms with Gasteiger partial charge in [-0.15, -0.1) is 12.4 Å². The van der Waals surface area contributed by atoms with Crippen LogP contribution >= 0.6 is 12.4 Å². The molecular formula is C14H24ClN3O3S. The van der Waals surface area contributed by atoms with Crippen LogP contribution in [0.1, 0.15) is 29.8 Å². The van der Waals surface area contributed by atoms with Gasteiger partial charge in [0.15, 0.2) is 0 Å². The average molecular weight is 350 g/mol. The molecule has 1 amide bonds. The summed E-state index contributed by atoms with van der Waals surface area (Å²) < 4.78 is 26.3. The van der Waals surface area contributed by atoms with Crippen LogP contribution in [0.25, 0.3) is 0 Å². The van der Waals surface area contributed by atoms with Crippen molar-refractivity contribution >= 4 is 28.3 Å². The number of primary amides is 1. The number of hydrogen-bond acceptors (Lipinski definition) is 4. The van der Waals surface area contributed by atoms with Gasteiger partial charge in [-0.2, -0.15) is 0 Å². The first-order chi connectivity index (χ1) is 9.51. The zero-order valence-corrected chi connectivity index (χ0v) is 14.9. The van der Waals surface area contributed by atoms with E-state index in [4.69, 9.17) is 11.5 Å². The van der Waals surface area contributed by atoms with E-state index in [0.29, 0.717) is 12.1 Å². The number of nitrogens with two attached hydrogens (primary N) is 2. The normalized spacial score (nSPS) is 12.1. The number of carbonyl (C=O) groups excluding carboxylic acids is 1. The molecule has 6 nitrogen and oxygen atoms in total. The lowest BCUT2D eigenvalue weighted by atomic mass is 9.94. The van der Waals surface area contributed by atoms with Crippen molar-refractivity contribution < 1.29 is 13.2 Å². The smallest absolute Gasteiger partial charge is 0.249 e. The summed E-state index contributed by atoms with van der Waals surface area (Å²) in [7, 11) is -2.19. The van der Waals surface area contributed by atoms with Gasteiger partial charge in [0.2, 0.25) is 15.9 Å². The van der Waals surface area contributed by atoms with Crippen LogP contribution in [0.5, 0.6) is 0 Å². The molecule has 0 saturated heterocycles. The number of rotatable bonds is 6. The first-order valence-electron chi connectivity index (χ1n) is 6.58. The third-order valence-electron chi connectivity index (χ3n) is 3.39. The highest BCUT2D eigenvalue weighted by Crippen LogP contribution is 2.22. The maximum absolute atomic E-state index is 12.5. The van der Waals surface area contributed by atoms with E-state index in [9.17, 15) is 13.2 Å². The Kier molecular flexibility index (Phi) is 7.02. The molecule has 0 unspecified atom stereocenters. The third kappa shape index (κ3) is 4.67. The van der Waals surface area contributed by atoms with Gasteiger partial charge in [0, 0.05) is 19.2 Å². The van der Waals surface area contributed by atoms with E-state index in [1.807, 2.05) is 13.8 Å². The summed E-state index contributed by atoms with van der Waals surface area (Å²) >= 11 is 0. The monoisotopic (exact) mass is 349 g/mol. The molecule has 4 N–H and O–H groups in total. The van der Waals surface area contributed by atoms with E-state index in [2.05, 4.69) is 0 Å². The maximum Gasteiger partial charge on any atom is 0.249 e. The first kappa shape index (κ1) is 20.9. The fraction of sp³-hybridized carbons (Fsp3) is 0.500. The molecule has 0 heterocycles. The average Bonchev–Trinajstić information content (AvgIpc) is 2.38. The van der Waals surface area contributed by atoms with E-state index >= 15 is 0 Å². The Bertz CT molecular complexity index is 645. The fourth-order valence-electron chi connectivity index (χ4n) is 1.96. The van der Waals surface area contributed by atoms with Crippen molar-refractivity contribution in [2.75, 3.05) is 20.1 Å². The largest absolute Gasteiger partial charge is 0.366 e. The molecule has 1 rings (SSSR count). The molecule has 0 aliphatic heterocycles. The van der Waals surface area contributed by atoms with Gasteiger partial charge in [-0.3, -0.25) is 4.79 Å². The van der Waals surface area contributed by atoms with E-state index in [-0.39, 0.29) is 34.8 Å². The van der Waals surface area contributed by atoms with Crippen LogP contribution in [0.2, 0.25) is 0 Å². The SMILES string of the molecule is Cc1ccc(S(=O)(=O)N(C)CC(C)(C)CN)cc1C(N)=O.Cl. The van der Waals surface area contributed by atoms with Crippen molar-refractivity contribution in [3.05, 3.63) is 29.3 Å². The van der Waals surface area contributed by atoms with Gasteiger partial charge in [0.1, 0.15) is 0 Å². The van der Waals surface area contributed by atoms with Gasteiger partial charge in [-0.1, -0.05) is 19.9 Å². The van der Waals surface area contributed by atoms with E-state index in [1.54, 1.807) is 13.0 Å². The lowest BCUT2D eigenvalue weighted by molar-refractivity contribution is 0.0999. The van der Waals surface area contributed by atoms with E-state index in [1.165, 1.54) is 23.5 Å². The number of aryl methyl sites for hydroxylation is 1. The van der Waals surface area contributed by atoms with Crippen molar-refractivity contribution in [2.45, 2.75) is 25.7 Å². The van der Waals surface area contributed by atoms with Crippen LogP contribution in [0.4, 0.5) is 0 Å². The molecular weight excluding hydrogens is 326 g/mol. The Hall–Kier alpha value is -1.15. The predicted octanol–water partition coefficient (Wildman–Crippen LogP) is 1.12. The third-order valence-corrected chi connectivity index (χ3v) is 5.19. The van der Waals surface area contributed by atoms with Gasteiger partial charge >= 0.3 is 0 Å². The number of benzene rings is 1. The second-order valence-corrected chi connectivity index (χ2v) is 8.02. The summed E-state index contributed by atoms with van der Waals surface area (Å²) in [5.41, 5.74) is 11.4. The zero-order valence-electron chi connectivity index (χ0n) is 13.3. The molecule has 22 heavy (non-hydrogen) atoms. The first-order valence-corrected chi connectivity index (χ1v) is 8.02. The molecule has 126 valence electrons. The standard InChI is InChI=1S/C14H23N3O3S.ClH/c1-10-5-6-11(7-12(10)13(16)18)21(19,20)17(4)9-14(2,3)8-15;/h5-7H,8-9,15H2,1-4H3,(H2,16,18);1H. The Morgan fingerprint density at radius 3 is 2.32 bits per heavy atom. The molecule has 0 saturated carbocycles. The summed E-state index contributed by atoms with van der Waals surface area (Å²) in [6, 6.07) is 4.37. The van der Waals surface area contributed by atoms with Crippen molar-refractivity contribution in [2.24, 2.45) is 16.9 Å². The topological polar surface area (TPSA) is 106 Å². The van der Waals surface area contributed by atoms with Crippen molar-refractivity contribution in [3.8, 4) is 0 Å². The van der Waals surface area contributed by atoms with Crippen LogP contribution in [-0.4, -0.2) is 38.8 Å². The number of amides is 1. The highest BCUT2D eigenvalue weighted by molar-refractivity contribution is 7.89. The maximum atomic E-state index is 12.5. The molecule has 0 fully saturated rings. The Balaban J connectivity index is 0.00000441. The van der Waals surface area contributed by atoms with Gasteiger partial charge in [-0.25, -0.2) is 12.7 Å². The van der Waals surface area contributed by atoms with Crippen LogP contribution in [0.3, 0.4) is 0 Å². The summed E-state index contributed by atoms with van der Waals surface area (Å²) in [6.45, 7) is 6.14. The second kappa shape index (κ2) is 7.41. The highest BCUT2D eigenvalue weighted by Gasteiger charge is 2.27. The molecule has 8 heteroatoms. The number of sulfonamides is 1. The quantitative estimate of drug-likeness (QED) is 0.802. The van der Waals surface area contributed by atoms with Crippen LogP contribution in [-0.2, 0) is 10.0 Å². The van der Waals surface area contributed by atoms with Gasteiger partial charge in [0.05, 0.1) is 4.90 Å². The lowest BCUT2D eigenvalue weighted by Crippen LogP contribution is -2.39. The fourth-order valence-corrected chi connectivity index (χ4v) is 3.35. The van der Waals surface area contributed by atoms with Crippen molar-refractivity contribution in [3.63, 3.8) is 0 Å². The van der Waals surface area contributed by atoms with Gasteiger partial charge in [0.25, 0.3) is 0 Å². The summed E-state index contributed by atoms with van der Waals surface area (Å²) in [5.74, 6) is -0.644. The molecule has 1 aromatic rings. The number of carbonyl (C=O) groups is 1. The molecule has 0 spiro atoms. The molecule has 0 radical (unpaired) electrons. The summed E-state index contributed by atoms with van der Waals surface area (Å²) in [5, 5.41) is 0. The molecule has 0 bridgehead atoms. The number of hydrogen-bond donors (Lipinski definition) is 2. The van der Waals surface area contributed by atoms with Crippen LogP contribution < -0.4 is 11.5 Å². The molecule has 0 aliphatic rings. The van der Waals surface area contributed by atoms with E-state index < -0.39 is 15.9 Å². The molecule has 1 aromatic carbocycles. The predicted molar refractivity (Wildman–Crippen MR) is 89.6 cm³/mol.